The summed E-state index contributed by atoms with van der Waals surface area (Å²) in [5.74, 6) is 1.06. The van der Waals surface area contributed by atoms with Crippen molar-refractivity contribution in [2.45, 2.75) is 25.7 Å². The highest BCUT2D eigenvalue weighted by Gasteiger charge is 2.36. The van der Waals surface area contributed by atoms with Crippen molar-refractivity contribution in [2.24, 2.45) is 18.2 Å². The van der Waals surface area contributed by atoms with E-state index in [0.29, 0.717) is 5.41 Å². The quantitative estimate of drug-likeness (QED) is 0.736. The zero-order valence-electron chi connectivity index (χ0n) is 8.03. The fraction of sp³-hybridized carbons (Fsp3) is 0.778. The first-order valence-corrected chi connectivity index (χ1v) is 4.79. The predicted molar refractivity (Wildman–Crippen MR) is 50.0 cm³/mol. The van der Waals surface area contributed by atoms with E-state index in [-0.39, 0.29) is 0 Å². The molecule has 1 saturated carbocycles. The molecule has 13 heavy (non-hydrogen) atoms. The van der Waals surface area contributed by atoms with Gasteiger partial charge in [-0.3, -0.25) is 4.68 Å². The Kier molecular flexibility index (Phi) is 2.07. The zero-order valence-corrected chi connectivity index (χ0v) is 8.03. The largest absolute Gasteiger partial charge is 0.330 e. The molecule has 0 radical (unpaired) electrons. The predicted octanol–water partition coefficient (Wildman–Crippen LogP) is 0.487. The van der Waals surface area contributed by atoms with Gasteiger partial charge in [-0.15, -0.1) is 0 Å². The van der Waals surface area contributed by atoms with Crippen molar-refractivity contribution in [3.63, 3.8) is 0 Å². The molecule has 1 aromatic rings. The van der Waals surface area contributed by atoms with E-state index in [9.17, 15) is 0 Å². The molecule has 4 heteroatoms. The van der Waals surface area contributed by atoms with Gasteiger partial charge in [0.2, 0.25) is 0 Å². The number of hydrogen-bond acceptors (Lipinski definition) is 3. The molecule has 0 saturated heterocycles. The summed E-state index contributed by atoms with van der Waals surface area (Å²) in [6, 6.07) is 0. The smallest absolute Gasteiger partial charge is 0.138 e. The van der Waals surface area contributed by atoms with Gasteiger partial charge in [0, 0.05) is 13.5 Å². The maximum absolute atomic E-state index is 5.78. The van der Waals surface area contributed by atoms with Crippen molar-refractivity contribution in [3.8, 4) is 0 Å². The minimum Gasteiger partial charge on any atom is -0.330 e. The third kappa shape index (κ3) is 1.46. The van der Waals surface area contributed by atoms with Gasteiger partial charge in [0.05, 0.1) is 0 Å². The summed E-state index contributed by atoms with van der Waals surface area (Å²) in [4.78, 5) is 4.23. The zero-order chi connectivity index (χ0) is 9.31. The number of rotatable bonds is 3. The van der Waals surface area contributed by atoms with Crippen LogP contribution < -0.4 is 5.73 Å². The SMILES string of the molecule is Cn1ncnc1CC1(CN)CCC1. The molecule has 1 aromatic heterocycles. The highest BCUT2D eigenvalue weighted by molar-refractivity contribution is 4.98. The van der Waals surface area contributed by atoms with Gasteiger partial charge >= 0.3 is 0 Å². The Morgan fingerprint density at radius 3 is 2.77 bits per heavy atom. The standard InChI is InChI=1S/C9H16N4/c1-13-8(11-7-12-13)5-9(6-10)3-2-4-9/h7H,2-6,10H2,1H3. The Labute approximate surface area is 78.1 Å². The summed E-state index contributed by atoms with van der Waals surface area (Å²) < 4.78 is 1.84. The van der Waals surface area contributed by atoms with Crippen LogP contribution in [0.1, 0.15) is 25.1 Å². The van der Waals surface area contributed by atoms with Crippen molar-refractivity contribution >= 4 is 0 Å². The van der Waals surface area contributed by atoms with E-state index in [2.05, 4.69) is 10.1 Å². The molecule has 1 aliphatic rings. The van der Waals surface area contributed by atoms with Crippen LogP contribution in [0.2, 0.25) is 0 Å². The number of aryl methyl sites for hydroxylation is 1. The average molecular weight is 180 g/mol. The van der Waals surface area contributed by atoms with Gasteiger partial charge in [0.1, 0.15) is 12.2 Å². The molecule has 1 aliphatic carbocycles. The number of hydrogen-bond donors (Lipinski definition) is 1. The van der Waals surface area contributed by atoms with Crippen LogP contribution in [0.15, 0.2) is 6.33 Å². The minimum absolute atomic E-state index is 0.334. The first kappa shape index (κ1) is 8.69. The molecule has 0 amide bonds. The van der Waals surface area contributed by atoms with Crippen LogP contribution in [-0.2, 0) is 13.5 Å². The Hall–Kier alpha value is -0.900. The monoisotopic (exact) mass is 180 g/mol. The number of aromatic nitrogens is 3. The molecule has 1 heterocycles. The normalized spacial score (nSPS) is 19.8. The van der Waals surface area contributed by atoms with E-state index in [4.69, 9.17) is 5.73 Å². The van der Waals surface area contributed by atoms with Gasteiger partial charge in [-0.05, 0) is 24.8 Å². The summed E-state index contributed by atoms with van der Waals surface area (Å²) in [6.45, 7) is 0.778. The van der Waals surface area contributed by atoms with E-state index in [0.717, 1.165) is 18.8 Å². The van der Waals surface area contributed by atoms with Crippen LogP contribution in [0.25, 0.3) is 0 Å². The molecule has 0 aromatic carbocycles. The molecular weight excluding hydrogens is 164 g/mol. The van der Waals surface area contributed by atoms with Crippen LogP contribution in [0, 0.1) is 5.41 Å². The minimum atomic E-state index is 0.334. The van der Waals surface area contributed by atoms with Gasteiger partial charge < -0.3 is 5.73 Å². The molecular formula is C9H16N4. The van der Waals surface area contributed by atoms with Gasteiger partial charge in [0.15, 0.2) is 0 Å². The van der Waals surface area contributed by atoms with Crippen LogP contribution in [0.5, 0.6) is 0 Å². The van der Waals surface area contributed by atoms with Gasteiger partial charge in [-0.25, -0.2) is 4.98 Å². The van der Waals surface area contributed by atoms with Gasteiger partial charge in [-0.1, -0.05) is 6.42 Å². The topological polar surface area (TPSA) is 56.7 Å². The second-order valence-electron chi connectivity index (χ2n) is 4.03. The first-order valence-electron chi connectivity index (χ1n) is 4.79. The Morgan fingerprint density at radius 1 is 1.62 bits per heavy atom. The van der Waals surface area contributed by atoms with Crippen molar-refractivity contribution in [1.82, 2.24) is 14.8 Å². The highest BCUT2D eigenvalue weighted by Crippen LogP contribution is 2.42. The third-order valence-electron chi connectivity index (χ3n) is 3.19. The van der Waals surface area contributed by atoms with Crippen molar-refractivity contribution < 1.29 is 0 Å². The number of nitrogens with zero attached hydrogens (tertiary/aromatic N) is 3. The van der Waals surface area contributed by atoms with E-state index >= 15 is 0 Å². The lowest BCUT2D eigenvalue weighted by Crippen LogP contribution is -2.39. The van der Waals surface area contributed by atoms with E-state index in [1.807, 2.05) is 11.7 Å². The molecule has 1 fully saturated rings. The fourth-order valence-corrected chi connectivity index (χ4v) is 1.95. The Bertz CT molecular complexity index is 282. The molecule has 0 unspecified atom stereocenters. The first-order chi connectivity index (χ1) is 6.26. The second kappa shape index (κ2) is 3.10. The van der Waals surface area contributed by atoms with E-state index in [1.54, 1.807) is 6.33 Å². The highest BCUT2D eigenvalue weighted by atomic mass is 15.3. The fourth-order valence-electron chi connectivity index (χ4n) is 1.95. The summed E-state index contributed by atoms with van der Waals surface area (Å²) in [5.41, 5.74) is 6.11. The van der Waals surface area contributed by atoms with Gasteiger partial charge in [0.25, 0.3) is 0 Å². The lowest BCUT2D eigenvalue weighted by atomic mass is 9.66. The lowest BCUT2D eigenvalue weighted by molar-refractivity contribution is 0.140. The van der Waals surface area contributed by atoms with Crippen molar-refractivity contribution in [3.05, 3.63) is 12.2 Å². The van der Waals surface area contributed by atoms with E-state index < -0.39 is 0 Å². The summed E-state index contributed by atoms with van der Waals surface area (Å²) in [6.07, 6.45) is 6.40. The summed E-state index contributed by atoms with van der Waals surface area (Å²) in [7, 11) is 1.94. The van der Waals surface area contributed by atoms with E-state index in [1.165, 1.54) is 19.3 Å². The molecule has 0 spiro atoms. The van der Waals surface area contributed by atoms with Crippen LogP contribution in [0.4, 0.5) is 0 Å². The Morgan fingerprint density at radius 2 is 2.38 bits per heavy atom. The van der Waals surface area contributed by atoms with Gasteiger partial charge in [-0.2, -0.15) is 5.10 Å². The third-order valence-corrected chi connectivity index (χ3v) is 3.19. The molecule has 0 atom stereocenters. The molecule has 2 rings (SSSR count). The molecule has 4 nitrogen and oxygen atoms in total. The van der Waals surface area contributed by atoms with Crippen molar-refractivity contribution in [2.75, 3.05) is 6.54 Å². The summed E-state index contributed by atoms with van der Waals surface area (Å²) in [5, 5.41) is 4.06. The average Bonchev–Trinajstić information content (AvgIpc) is 2.44. The number of nitrogens with two attached hydrogens (primary N) is 1. The maximum atomic E-state index is 5.78. The second-order valence-corrected chi connectivity index (χ2v) is 4.03. The van der Waals surface area contributed by atoms with Crippen LogP contribution in [0.3, 0.4) is 0 Å². The lowest BCUT2D eigenvalue weighted by Gasteiger charge is -2.40. The van der Waals surface area contributed by atoms with Crippen molar-refractivity contribution in [1.29, 1.82) is 0 Å². The molecule has 2 N–H and O–H groups in total. The Balaban J connectivity index is 2.08. The molecule has 0 aliphatic heterocycles. The molecule has 72 valence electrons. The molecule has 0 bridgehead atoms. The van der Waals surface area contributed by atoms with Crippen LogP contribution >= 0.6 is 0 Å². The van der Waals surface area contributed by atoms with Crippen LogP contribution in [-0.4, -0.2) is 21.3 Å². The maximum Gasteiger partial charge on any atom is 0.138 e. The summed E-state index contributed by atoms with van der Waals surface area (Å²) >= 11 is 0.